The molecule has 1 aliphatic rings. The minimum atomic E-state index is -0.325. The quantitative estimate of drug-likeness (QED) is 0.402. The molecule has 0 radical (unpaired) electrons. The molecule has 4 heteroatoms. The van der Waals surface area contributed by atoms with E-state index in [-0.39, 0.29) is 18.2 Å². The molecule has 160 valence electrons. The fraction of sp³-hybridized carbons (Fsp3) is 0.296. The van der Waals surface area contributed by atoms with Crippen molar-refractivity contribution in [2.45, 2.75) is 45.1 Å². The maximum Gasteiger partial charge on any atom is 0.344 e. The topological polar surface area (TPSA) is 38.8 Å². The second-order valence-electron chi connectivity index (χ2n) is 8.42. The summed E-state index contributed by atoms with van der Waals surface area (Å²) < 4.78 is 11.3. The van der Waals surface area contributed by atoms with E-state index in [1.807, 2.05) is 49.4 Å². The van der Waals surface area contributed by atoms with Gasteiger partial charge in [-0.2, -0.15) is 0 Å². The summed E-state index contributed by atoms with van der Waals surface area (Å²) in [6.07, 6.45) is 4.10. The molecule has 1 fully saturated rings. The molecule has 0 saturated heterocycles. The first-order valence-electron chi connectivity index (χ1n) is 10.9. The van der Waals surface area contributed by atoms with Gasteiger partial charge in [-0.25, -0.2) is 4.79 Å². The zero-order valence-corrected chi connectivity index (χ0v) is 18.2. The Morgan fingerprint density at radius 3 is 2.00 bits per heavy atom. The Labute approximate surface area is 184 Å². The van der Waals surface area contributed by atoms with Gasteiger partial charge in [-0.3, -0.25) is 0 Å². The molecule has 4 nitrogen and oxygen atoms in total. The number of esters is 1. The van der Waals surface area contributed by atoms with Crippen molar-refractivity contribution >= 4 is 23.0 Å². The number of anilines is 3. The van der Waals surface area contributed by atoms with Crippen LogP contribution in [-0.4, -0.2) is 18.2 Å². The minimum Gasteiger partial charge on any atom is -0.482 e. The maximum atomic E-state index is 12.2. The van der Waals surface area contributed by atoms with Gasteiger partial charge in [-0.15, -0.1) is 0 Å². The normalized spacial score (nSPS) is 14.8. The molecule has 0 amide bonds. The highest BCUT2D eigenvalue weighted by molar-refractivity contribution is 5.76. The highest BCUT2D eigenvalue weighted by atomic mass is 16.6. The highest BCUT2D eigenvalue weighted by Crippen LogP contribution is 2.35. The van der Waals surface area contributed by atoms with Crippen LogP contribution in [0.4, 0.5) is 17.1 Å². The van der Waals surface area contributed by atoms with Crippen molar-refractivity contribution in [2.75, 3.05) is 11.5 Å². The van der Waals surface area contributed by atoms with Crippen LogP contribution in [0.1, 0.15) is 38.2 Å². The Morgan fingerprint density at radius 2 is 1.39 bits per heavy atom. The lowest BCUT2D eigenvalue weighted by molar-refractivity contribution is -0.159. The minimum absolute atomic E-state index is 0.0741. The summed E-state index contributed by atoms with van der Waals surface area (Å²) in [7, 11) is 0. The van der Waals surface area contributed by atoms with Gasteiger partial charge >= 0.3 is 5.97 Å². The predicted molar refractivity (Wildman–Crippen MR) is 124 cm³/mol. The van der Waals surface area contributed by atoms with Gasteiger partial charge in [-0.1, -0.05) is 35.9 Å². The van der Waals surface area contributed by atoms with Gasteiger partial charge in [0.2, 0.25) is 0 Å². The molecule has 0 bridgehead atoms. The maximum absolute atomic E-state index is 12.2. The van der Waals surface area contributed by atoms with E-state index < -0.39 is 0 Å². The first-order chi connectivity index (χ1) is 15.0. The molecule has 1 aliphatic carbocycles. The number of carbonyl (C=O) groups excluding carboxylic acids is 1. The van der Waals surface area contributed by atoms with E-state index in [4.69, 9.17) is 9.47 Å². The first-order valence-corrected chi connectivity index (χ1v) is 10.9. The van der Waals surface area contributed by atoms with Crippen LogP contribution in [0.2, 0.25) is 0 Å². The Hall–Kier alpha value is -3.27. The number of aryl methyl sites for hydroxylation is 1. The summed E-state index contributed by atoms with van der Waals surface area (Å²) in [6, 6.07) is 26.5. The zero-order chi connectivity index (χ0) is 21.7. The first kappa shape index (κ1) is 21.0. The van der Waals surface area contributed by atoms with Crippen LogP contribution in [0.5, 0.6) is 5.75 Å². The number of rotatable bonds is 7. The Balaban J connectivity index is 1.47. The number of benzene rings is 3. The van der Waals surface area contributed by atoms with Gasteiger partial charge in [0, 0.05) is 17.1 Å². The van der Waals surface area contributed by atoms with E-state index in [2.05, 4.69) is 48.2 Å². The van der Waals surface area contributed by atoms with E-state index in [1.165, 1.54) is 5.56 Å². The smallest absolute Gasteiger partial charge is 0.344 e. The third kappa shape index (κ3) is 5.26. The Morgan fingerprint density at radius 1 is 0.839 bits per heavy atom. The van der Waals surface area contributed by atoms with E-state index in [9.17, 15) is 4.79 Å². The summed E-state index contributed by atoms with van der Waals surface area (Å²) in [6.45, 7) is 4.02. The van der Waals surface area contributed by atoms with Gasteiger partial charge in [0.05, 0.1) is 0 Å². The van der Waals surface area contributed by atoms with Crippen LogP contribution in [0.3, 0.4) is 0 Å². The Kier molecular flexibility index (Phi) is 6.26. The average molecular weight is 416 g/mol. The van der Waals surface area contributed by atoms with Gasteiger partial charge in [-0.05, 0) is 88.1 Å². The van der Waals surface area contributed by atoms with E-state index in [0.29, 0.717) is 5.75 Å². The fourth-order valence-electron chi connectivity index (χ4n) is 4.08. The lowest BCUT2D eigenvalue weighted by Gasteiger charge is -2.26. The lowest BCUT2D eigenvalue weighted by Crippen LogP contribution is -2.30. The van der Waals surface area contributed by atoms with Crippen LogP contribution in [-0.2, 0) is 9.53 Å². The standard InChI is InChI=1S/C27H29NO3/c1-21-10-12-23(13-11-21)28(22-8-4-3-5-9-22)24-14-16-25(17-15-24)30-20-26(29)31-27(2)18-6-7-19-27/h3-5,8-17H,6-7,18-20H2,1-2H3. The molecule has 0 spiro atoms. The number of hydrogen-bond donors (Lipinski definition) is 0. The molecule has 0 unspecified atom stereocenters. The molecule has 0 heterocycles. The van der Waals surface area contributed by atoms with Crippen molar-refractivity contribution in [3.8, 4) is 5.75 Å². The third-order valence-electron chi connectivity index (χ3n) is 5.78. The average Bonchev–Trinajstić information content (AvgIpc) is 3.21. The fourth-order valence-corrected chi connectivity index (χ4v) is 4.08. The molecule has 0 atom stereocenters. The molecular weight excluding hydrogens is 386 g/mol. The predicted octanol–water partition coefficient (Wildman–Crippen LogP) is 6.72. The molecular formula is C27H29NO3. The Bertz CT molecular complexity index is 991. The van der Waals surface area contributed by atoms with E-state index in [0.717, 1.165) is 42.7 Å². The van der Waals surface area contributed by atoms with Crippen LogP contribution >= 0.6 is 0 Å². The molecule has 3 aromatic carbocycles. The van der Waals surface area contributed by atoms with Gasteiger partial charge < -0.3 is 14.4 Å². The summed E-state index contributed by atoms with van der Waals surface area (Å²) in [5.41, 5.74) is 4.07. The van der Waals surface area contributed by atoms with Crippen molar-refractivity contribution in [3.05, 3.63) is 84.4 Å². The van der Waals surface area contributed by atoms with Crippen molar-refractivity contribution in [1.82, 2.24) is 0 Å². The largest absolute Gasteiger partial charge is 0.482 e. The number of ether oxygens (including phenoxy) is 2. The number of para-hydroxylation sites is 1. The summed E-state index contributed by atoms with van der Waals surface area (Å²) >= 11 is 0. The molecule has 31 heavy (non-hydrogen) atoms. The zero-order valence-electron chi connectivity index (χ0n) is 18.2. The number of hydrogen-bond acceptors (Lipinski definition) is 4. The summed E-state index contributed by atoms with van der Waals surface area (Å²) in [4.78, 5) is 14.4. The molecule has 4 rings (SSSR count). The van der Waals surface area contributed by atoms with Crippen molar-refractivity contribution in [1.29, 1.82) is 0 Å². The van der Waals surface area contributed by atoms with Crippen molar-refractivity contribution in [2.24, 2.45) is 0 Å². The lowest BCUT2D eigenvalue weighted by atomic mass is 10.1. The highest BCUT2D eigenvalue weighted by Gasteiger charge is 2.32. The van der Waals surface area contributed by atoms with Crippen LogP contribution in [0.15, 0.2) is 78.9 Å². The van der Waals surface area contributed by atoms with Crippen molar-refractivity contribution < 1.29 is 14.3 Å². The summed E-state index contributed by atoms with van der Waals surface area (Å²) in [5, 5.41) is 0. The second kappa shape index (κ2) is 9.25. The van der Waals surface area contributed by atoms with E-state index >= 15 is 0 Å². The van der Waals surface area contributed by atoms with E-state index in [1.54, 1.807) is 0 Å². The van der Waals surface area contributed by atoms with Gasteiger partial charge in [0.25, 0.3) is 0 Å². The van der Waals surface area contributed by atoms with Gasteiger partial charge in [0.1, 0.15) is 11.4 Å². The molecule has 0 N–H and O–H groups in total. The second-order valence-corrected chi connectivity index (χ2v) is 8.42. The monoisotopic (exact) mass is 415 g/mol. The molecule has 0 aromatic heterocycles. The van der Waals surface area contributed by atoms with Gasteiger partial charge in [0.15, 0.2) is 6.61 Å². The number of nitrogens with zero attached hydrogens (tertiary/aromatic N) is 1. The summed E-state index contributed by atoms with van der Waals surface area (Å²) in [5.74, 6) is 0.341. The van der Waals surface area contributed by atoms with Crippen LogP contribution < -0.4 is 9.64 Å². The van der Waals surface area contributed by atoms with Crippen LogP contribution in [0, 0.1) is 6.92 Å². The third-order valence-corrected chi connectivity index (χ3v) is 5.78. The molecule has 0 aliphatic heterocycles. The number of carbonyl (C=O) groups is 1. The SMILES string of the molecule is Cc1ccc(N(c2ccccc2)c2ccc(OCC(=O)OC3(C)CCCC3)cc2)cc1. The van der Waals surface area contributed by atoms with Crippen molar-refractivity contribution in [3.63, 3.8) is 0 Å². The molecule has 1 saturated carbocycles. The molecule has 3 aromatic rings. The van der Waals surface area contributed by atoms with Crippen LogP contribution in [0.25, 0.3) is 0 Å².